The third kappa shape index (κ3) is 5.72. The molecule has 1 saturated heterocycles. The molecule has 2 aromatic heterocycles. The zero-order valence-electron chi connectivity index (χ0n) is 27.1. The highest BCUT2D eigenvalue weighted by molar-refractivity contribution is 6.71. The van der Waals surface area contributed by atoms with Gasteiger partial charge in [0.1, 0.15) is 0 Å². The summed E-state index contributed by atoms with van der Waals surface area (Å²) in [6.45, 7) is 5.96. The zero-order valence-corrected chi connectivity index (χ0v) is 28.1. The van der Waals surface area contributed by atoms with Gasteiger partial charge in [-0.1, -0.05) is 24.3 Å². The molecule has 6 rings (SSSR count). The molecule has 1 amide bonds. The Morgan fingerprint density at radius 2 is 1.94 bits per heavy atom. The number of hydrogen-bond donors (Lipinski definition) is 2. The molecule has 15 heteroatoms. The molecule has 0 aliphatic carbocycles. The number of fused-ring (bicyclic) bond motifs is 2. The van der Waals surface area contributed by atoms with Gasteiger partial charge in [0.25, 0.3) is 17.2 Å². The van der Waals surface area contributed by atoms with Gasteiger partial charge in [0, 0.05) is 66.8 Å². The summed E-state index contributed by atoms with van der Waals surface area (Å²) in [5.74, 6) is -0.697. The van der Waals surface area contributed by atoms with Crippen LogP contribution in [0.2, 0.25) is 18.6 Å². The maximum atomic E-state index is 14.8. The lowest BCUT2D eigenvalue weighted by molar-refractivity contribution is -0.385. The Morgan fingerprint density at radius 1 is 1.15 bits per heavy atom. The molecule has 2 N–H and O–H groups in total. The molecule has 0 radical (unpaired) electrons. The van der Waals surface area contributed by atoms with E-state index in [0.717, 1.165) is 5.56 Å². The van der Waals surface area contributed by atoms with Gasteiger partial charge in [0.2, 0.25) is 0 Å². The highest BCUT2D eigenvalue weighted by Crippen LogP contribution is 2.60. The lowest BCUT2D eigenvalue weighted by atomic mass is 9.82. The average molecular weight is 675 g/mol. The number of nitro groups is 1. The molecule has 2 aromatic carbocycles. The number of benzene rings is 2. The number of anilines is 1. The van der Waals surface area contributed by atoms with Gasteiger partial charge >= 0.3 is 0 Å². The van der Waals surface area contributed by atoms with Crippen molar-refractivity contribution in [1.82, 2.24) is 19.6 Å². The third-order valence-electron chi connectivity index (χ3n) is 9.44. The lowest BCUT2D eigenvalue weighted by Crippen LogP contribution is -2.46. The van der Waals surface area contributed by atoms with E-state index in [4.69, 9.17) is 9.47 Å². The number of nitro benzene ring substituents is 1. The minimum atomic E-state index is -2.98. The Morgan fingerprint density at radius 3 is 2.65 bits per heavy atom. The van der Waals surface area contributed by atoms with E-state index in [9.17, 15) is 29.6 Å². The Kier molecular flexibility index (Phi) is 8.80. The van der Waals surface area contributed by atoms with Crippen LogP contribution in [0.15, 0.2) is 71.8 Å². The van der Waals surface area contributed by atoms with Crippen LogP contribution in [0.25, 0.3) is 5.69 Å². The average Bonchev–Trinajstić information content (AvgIpc) is 3.70. The molecule has 252 valence electrons. The van der Waals surface area contributed by atoms with E-state index in [-0.39, 0.29) is 36.1 Å². The molecule has 4 atom stereocenters. The summed E-state index contributed by atoms with van der Waals surface area (Å²) in [5, 5.41) is 29.4. The van der Waals surface area contributed by atoms with Gasteiger partial charge in [-0.2, -0.15) is 0 Å². The number of aliphatic hydroxyl groups excluding tert-OH is 1. The van der Waals surface area contributed by atoms with Crippen molar-refractivity contribution in [2.45, 2.75) is 63.2 Å². The standard InChI is InChI=1S/C33H38N6O8Si/c1-21-30(48(3,4)45)28(12-15-36-20-23(13-16-40)34-35-36)47-33(21)26-18-25(39(43)44)10-11-27(26)38(32(33)42)19-22-7-5-8-24(17-22)37-14-6-9-29(46-2)31(37)41/h5-11,14,17-18,20-21,28,30,40,45H,12-13,15-16,19H2,1-4H3/t21-,28+,30-,33+/m0/s1. The first kappa shape index (κ1) is 33.2. The van der Waals surface area contributed by atoms with Crippen LogP contribution < -0.4 is 15.2 Å². The molecule has 1 spiro atoms. The van der Waals surface area contributed by atoms with E-state index in [1.807, 2.05) is 32.2 Å². The molecule has 0 saturated carbocycles. The molecule has 0 unspecified atom stereocenters. The van der Waals surface area contributed by atoms with Gasteiger partial charge < -0.3 is 24.3 Å². The maximum Gasteiger partial charge on any atom is 0.297 e. The van der Waals surface area contributed by atoms with Gasteiger partial charge in [-0.05, 0) is 55.4 Å². The van der Waals surface area contributed by atoms with Gasteiger partial charge in [0.05, 0.1) is 36.1 Å². The van der Waals surface area contributed by atoms with Crippen molar-refractivity contribution in [3.8, 4) is 11.4 Å². The monoisotopic (exact) mass is 674 g/mol. The van der Waals surface area contributed by atoms with E-state index in [1.165, 1.54) is 23.8 Å². The Bertz CT molecular complexity index is 1920. The first-order chi connectivity index (χ1) is 22.9. The first-order valence-corrected chi connectivity index (χ1v) is 18.8. The number of carbonyl (C=O) groups is 1. The van der Waals surface area contributed by atoms with Crippen molar-refractivity contribution in [2.24, 2.45) is 5.92 Å². The number of non-ortho nitro benzene ring substituents is 1. The third-order valence-corrected chi connectivity index (χ3v) is 11.9. The summed E-state index contributed by atoms with van der Waals surface area (Å²) in [6.07, 6.45) is 3.60. The lowest BCUT2D eigenvalue weighted by Gasteiger charge is -2.32. The van der Waals surface area contributed by atoms with E-state index >= 15 is 0 Å². The molecular formula is C33H38N6O8Si. The van der Waals surface area contributed by atoms with E-state index in [2.05, 4.69) is 10.3 Å². The normalized spacial score (nSPS) is 22.0. The maximum absolute atomic E-state index is 14.8. The summed E-state index contributed by atoms with van der Waals surface area (Å²) in [6, 6.07) is 14.9. The molecule has 4 heterocycles. The summed E-state index contributed by atoms with van der Waals surface area (Å²) in [7, 11) is -1.55. The highest BCUT2D eigenvalue weighted by Gasteiger charge is 2.66. The fourth-order valence-corrected chi connectivity index (χ4v) is 9.97. The van der Waals surface area contributed by atoms with Gasteiger partial charge in [-0.3, -0.25) is 29.0 Å². The second-order valence-corrected chi connectivity index (χ2v) is 16.8. The fourth-order valence-electron chi connectivity index (χ4n) is 7.36. The predicted octanol–water partition coefficient (Wildman–Crippen LogP) is 3.32. The van der Waals surface area contributed by atoms with Crippen molar-refractivity contribution in [3.05, 3.63) is 104 Å². The van der Waals surface area contributed by atoms with Crippen LogP contribution in [0.3, 0.4) is 0 Å². The van der Waals surface area contributed by atoms with Crippen LogP contribution >= 0.6 is 0 Å². The number of carbonyl (C=O) groups excluding carboxylic acids is 1. The number of nitrogens with zero attached hydrogens (tertiary/aromatic N) is 6. The van der Waals surface area contributed by atoms with E-state index < -0.39 is 36.4 Å². The van der Waals surface area contributed by atoms with Gasteiger partial charge in [-0.15, -0.1) is 5.10 Å². The minimum absolute atomic E-state index is 0.0508. The number of aromatic nitrogens is 4. The van der Waals surface area contributed by atoms with Crippen LogP contribution in [-0.4, -0.2) is 68.4 Å². The quantitative estimate of drug-likeness (QED) is 0.136. The fraction of sp³-hybridized carbons (Fsp3) is 0.394. The molecule has 4 aromatic rings. The first-order valence-electron chi connectivity index (χ1n) is 15.7. The molecule has 14 nitrogen and oxygen atoms in total. The number of aliphatic hydroxyl groups is 1. The van der Waals surface area contributed by atoms with E-state index in [1.54, 1.807) is 52.3 Å². The predicted molar refractivity (Wildman–Crippen MR) is 177 cm³/mol. The Balaban J connectivity index is 1.38. The second-order valence-electron chi connectivity index (χ2n) is 12.9. The van der Waals surface area contributed by atoms with Crippen LogP contribution in [0, 0.1) is 16.0 Å². The summed E-state index contributed by atoms with van der Waals surface area (Å²) >= 11 is 0. The highest BCUT2D eigenvalue weighted by atomic mass is 28.4. The largest absolute Gasteiger partial charge is 0.491 e. The molecule has 48 heavy (non-hydrogen) atoms. The van der Waals surface area contributed by atoms with Crippen molar-refractivity contribution in [3.63, 3.8) is 0 Å². The number of methoxy groups -OCH3 is 1. The minimum Gasteiger partial charge on any atom is -0.491 e. The molecule has 1 fully saturated rings. The SMILES string of the molecule is COc1cccn(-c2cccc(CN3C(=O)[C@]4(O[C@H](CCn5cc(CCO)nn5)[C@@H]([Si](C)(C)O)[C@@H]4C)c4cc([N+](=O)[O-])ccc43)c2)c1=O. The Hall–Kier alpha value is -4.70. The number of hydrogen-bond acceptors (Lipinski definition) is 10. The van der Waals surface area contributed by atoms with Crippen LogP contribution in [0.4, 0.5) is 11.4 Å². The van der Waals surface area contributed by atoms with Crippen LogP contribution in [-0.2, 0) is 34.6 Å². The van der Waals surface area contributed by atoms with Crippen molar-refractivity contribution in [1.29, 1.82) is 0 Å². The smallest absolute Gasteiger partial charge is 0.297 e. The number of ether oxygens (including phenoxy) is 2. The number of rotatable bonds is 11. The number of aryl methyl sites for hydroxylation is 1. The summed E-state index contributed by atoms with van der Waals surface area (Å²) in [4.78, 5) is 52.3. The zero-order chi connectivity index (χ0) is 34.4. The number of amides is 1. The topological polar surface area (TPSA) is 175 Å². The van der Waals surface area contributed by atoms with Crippen molar-refractivity contribution in [2.75, 3.05) is 18.6 Å². The van der Waals surface area contributed by atoms with Crippen molar-refractivity contribution < 1.29 is 29.1 Å². The van der Waals surface area contributed by atoms with Crippen molar-refractivity contribution >= 4 is 25.6 Å². The van der Waals surface area contributed by atoms with Gasteiger partial charge in [0.15, 0.2) is 19.7 Å². The number of pyridine rings is 1. The molecule has 2 aliphatic heterocycles. The second kappa shape index (κ2) is 12.7. The Labute approximate surface area is 277 Å². The molecule has 0 bridgehead atoms. The molecular weight excluding hydrogens is 636 g/mol. The van der Waals surface area contributed by atoms with Gasteiger partial charge in [-0.25, -0.2) is 0 Å². The van der Waals surface area contributed by atoms with E-state index in [0.29, 0.717) is 42.0 Å². The van der Waals surface area contributed by atoms with Crippen LogP contribution in [0.1, 0.15) is 30.2 Å². The summed E-state index contributed by atoms with van der Waals surface area (Å²) in [5.41, 5.74) is 0.362. The van der Waals surface area contributed by atoms with Crippen LogP contribution in [0.5, 0.6) is 5.75 Å². The molecule has 2 aliphatic rings. The summed E-state index contributed by atoms with van der Waals surface area (Å²) < 4.78 is 15.1.